The molecule has 1 heterocycles. The van der Waals surface area contributed by atoms with Crippen molar-refractivity contribution in [3.63, 3.8) is 0 Å². The van der Waals surface area contributed by atoms with Crippen molar-refractivity contribution in [1.29, 1.82) is 5.41 Å². The molecular weight excluding hydrogens is 302 g/mol. The number of hydrogen-bond donors (Lipinski definition) is 4. The number of benzene rings is 1. The summed E-state index contributed by atoms with van der Waals surface area (Å²) in [5, 5.41) is 11.0. The standard InChI is InChI=1S/C15H16F2N6/c1-8(11-4-5-13(22-11)15(18)19)14(23-20)7-21-12-3-2-9(16)6-10(12)17/h2-8,22H,20H2,1H3,(H3,18,19). The smallest absolute Gasteiger partial charge is 0.151 e. The van der Waals surface area contributed by atoms with Crippen LogP contribution in [-0.4, -0.2) is 22.7 Å². The first-order valence-corrected chi connectivity index (χ1v) is 6.72. The maximum Gasteiger partial charge on any atom is 0.151 e. The molecule has 0 aliphatic heterocycles. The predicted molar refractivity (Wildman–Crippen MR) is 86.4 cm³/mol. The summed E-state index contributed by atoms with van der Waals surface area (Å²) >= 11 is 0. The van der Waals surface area contributed by atoms with Crippen molar-refractivity contribution < 1.29 is 8.78 Å². The fourth-order valence-corrected chi connectivity index (χ4v) is 1.96. The lowest BCUT2D eigenvalue weighted by Gasteiger charge is -2.09. The average molecular weight is 318 g/mol. The number of rotatable bonds is 5. The quantitative estimate of drug-likeness (QED) is 0.293. The highest BCUT2D eigenvalue weighted by molar-refractivity contribution is 6.33. The zero-order valence-electron chi connectivity index (χ0n) is 12.3. The van der Waals surface area contributed by atoms with E-state index in [0.29, 0.717) is 11.4 Å². The zero-order valence-corrected chi connectivity index (χ0v) is 12.3. The van der Waals surface area contributed by atoms with E-state index in [2.05, 4.69) is 15.1 Å². The summed E-state index contributed by atoms with van der Waals surface area (Å²) in [6.45, 7) is 1.81. The third-order valence-electron chi connectivity index (χ3n) is 3.30. The van der Waals surface area contributed by atoms with Gasteiger partial charge in [-0.15, -0.1) is 0 Å². The second kappa shape index (κ2) is 6.82. The minimum absolute atomic E-state index is 0.0179. The van der Waals surface area contributed by atoms with Gasteiger partial charge in [0.25, 0.3) is 0 Å². The maximum atomic E-state index is 13.6. The molecule has 0 aliphatic rings. The molecule has 8 heteroatoms. The average Bonchev–Trinajstić information content (AvgIpc) is 2.99. The molecule has 0 saturated heterocycles. The first-order chi connectivity index (χ1) is 10.9. The number of nitrogen functional groups attached to an aromatic ring is 1. The Bertz CT molecular complexity index is 778. The SMILES string of the molecule is CC(C(C=Nc1ccc(F)cc1F)=NN)c1ccc(C(=N)N)[nH]1. The Labute approximate surface area is 131 Å². The molecule has 1 atom stereocenters. The summed E-state index contributed by atoms with van der Waals surface area (Å²) in [5.41, 5.74) is 6.96. The van der Waals surface area contributed by atoms with Gasteiger partial charge in [0.2, 0.25) is 0 Å². The van der Waals surface area contributed by atoms with Gasteiger partial charge < -0.3 is 16.6 Å². The van der Waals surface area contributed by atoms with Crippen LogP contribution < -0.4 is 11.6 Å². The minimum atomic E-state index is -0.774. The Morgan fingerprint density at radius 3 is 2.61 bits per heavy atom. The maximum absolute atomic E-state index is 13.6. The highest BCUT2D eigenvalue weighted by Crippen LogP contribution is 2.20. The third-order valence-corrected chi connectivity index (χ3v) is 3.30. The van der Waals surface area contributed by atoms with Crippen LogP contribution in [0.1, 0.15) is 24.2 Å². The highest BCUT2D eigenvalue weighted by atomic mass is 19.1. The van der Waals surface area contributed by atoms with Crippen LogP contribution >= 0.6 is 0 Å². The Morgan fingerprint density at radius 2 is 2.04 bits per heavy atom. The zero-order chi connectivity index (χ0) is 17.0. The number of aliphatic imine (C=N–C) groups is 1. The lowest BCUT2D eigenvalue weighted by atomic mass is 10.0. The summed E-state index contributed by atoms with van der Waals surface area (Å²) in [6, 6.07) is 6.50. The number of H-pyrrole nitrogens is 1. The van der Waals surface area contributed by atoms with Crippen molar-refractivity contribution >= 4 is 23.4 Å². The van der Waals surface area contributed by atoms with E-state index in [4.69, 9.17) is 17.0 Å². The van der Waals surface area contributed by atoms with Gasteiger partial charge in [-0.05, 0) is 24.3 Å². The molecule has 2 aromatic rings. The Hall–Kier alpha value is -3.03. The minimum Gasteiger partial charge on any atom is -0.382 e. The number of nitrogens with two attached hydrogens (primary N) is 2. The van der Waals surface area contributed by atoms with Gasteiger partial charge in [-0.1, -0.05) is 6.92 Å². The van der Waals surface area contributed by atoms with Crippen molar-refractivity contribution in [2.75, 3.05) is 0 Å². The van der Waals surface area contributed by atoms with Gasteiger partial charge in [-0.3, -0.25) is 10.4 Å². The van der Waals surface area contributed by atoms with Crippen LogP contribution in [0, 0.1) is 17.0 Å². The molecule has 0 radical (unpaired) electrons. The second-order valence-electron chi connectivity index (χ2n) is 4.87. The second-order valence-corrected chi connectivity index (χ2v) is 4.87. The molecule has 0 amide bonds. The van der Waals surface area contributed by atoms with E-state index in [1.165, 1.54) is 12.3 Å². The number of hydrogen-bond acceptors (Lipinski definition) is 4. The van der Waals surface area contributed by atoms with Gasteiger partial charge in [0.1, 0.15) is 11.7 Å². The van der Waals surface area contributed by atoms with E-state index >= 15 is 0 Å². The van der Waals surface area contributed by atoms with Crippen LogP contribution in [0.3, 0.4) is 0 Å². The molecule has 0 saturated carbocycles. The summed E-state index contributed by atoms with van der Waals surface area (Å²) in [6.07, 6.45) is 1.31. The van der Waals surface area contributed by atoms with Gasteiger partial charge in [0.15, 0.2) is 5.82 Å². The number of halogens is 2. The van der Waals surface area contributed by atoms with Gasteiger partial charge in [0.05, 0.1) is 23.3 Å². The van der Waals surface area contributed by atoms with Crippen molar-refractivity contribution in [1.82, 2.24) is 4.98 Å². The van der Waals surface area contributed by atoms with E-state index in [0.717, 1.165) is 17.8 Å². The van der Waals surface area contributed by atoms with Crippen molar-refractivity contribution in [3.05, 3.63) is 53.4 Å². The Balaban J connectivity index is 2.21. The largest absolute Gasteiger partial charge is 0.382 e. The number of nitrogens with one attached hydrogen (secondary N) is 2. The fourth-order valence-electron chi connectivity index (χ4n) is 1.96. The summed E-state index contributed by atoms with van der Waals surface area (Å²) in [4.78, 5) is 6.92. The van der Waals surface area contributed by atoms with E-state index in [1.54, 1.807) is 12.1 Å². The molecule has 0 bridgehead atoms. The van der Waals surface area contributed by atoms with E-state index in [-0.39, 0.29) is 17.4 Å². The summed E-state index contributed by atoms with van der Waals surface area (Å²) < 4.78 is 26.4. The molecule has 2 rings (SSSR count). The molecule has 0 aliphatic carbocycles. The first-order valence-electron chi connectivity index (χ1n) is 6.72. The van der Waals surface area contributed by atoms with Gasteiger partial charge in [-0.25, -0.2) is 8.78 Å². The van der Waals surface area contributed by atoms with Crippen LogP contribution in [0.5, 0.6) is 0 Å². The monoisotopic (exact) mass is 318 g/mol. The molecule has 23 heavy (non-hydrogen) atoms. The van der Waals surface area contributed by atoms with Crippen molar-refractivity contribution in [2.45, 2.75) is 12.8 Å². The number of amidine groups is 1. The van der Waals surface area contributed by atoms with Gasteiger partial charge in [-0.2, -0.15) is 5.10 Å². The van der Waals surface area contributed by atoms with Crippen LogP contribution in [0.4, 0.5) is 14.5 Å². The molecule has 0 spiro atoms. The lowest BCUT2D eigenvalue weighted by Crippen LogP contribution is -2.15. The predicted octanol–water partition coefficient (Wildman–Crippen LogP) is 2.40. The number of nitrogens with zero attached hydrogens (tertiary/aromatic N) is 2. The fraction of sp³-hybridized carbons (Fsp3) is 0.133. The number of aromatic amines is 1. The summed E-state index contributed by atoms with van der Waals surface area (Å²) in [5.74, 6) is 3.55. The number of aromatic nitrogens is 1. The van der Waals surface area contributed by atoms with Crippen LogP contribution in [0.25, 0.3) is 0 Å². The molecule has 1 aromatic carbocycles. The molecular formula is C15H16F2N6. The lowest BCUT2D eigenvalue weighted by molar-refractivity contribution is 0.585. The van der Waals surface area contributed by atoms with Crippen LogP contribution in [0.15, 0.2) is 40.4 Å². The molecule has 6 nitrogen and oxygen atoms in total. The third kappa shape index (κ3) is 3.79. The van der Waals surface area contributed by atoms with Crippen LogP contribution in [0.2, 0.25) is 0 Å². The first kappa shape index (κ1) is 16.3. The van der Waals surface area contributed by atoms with Gasteiger partial charge >= 0.3 is 0 Å². The van der Waals surface area contributed by atoms with E-state index in [1.807, 2.05) is 6.92 Å². The molecule has 1 unspecified atom stereocenters. The van der Waals surface area contributed by atoms with Gasteiger partial charge in [0, 0.05) is 17.7 Å². The van der Waals surface area contributed by atoms with Crippen LogP contribution in [-0.2, 0) is 0 Å². The highest BCUT2D eigenvalue weighted by Gasteiger charge is 2.14. The van der Waals surface area contributed by atoms with Crippen molar-refractivity contribution in [3.8, 4) is 0 Å². The summed E-state index contributed by atoms with van der Waals surface area (Å²) in [7, 11) is 0. The number of hydrazone groups is 1. The normalized spacial score (nSPS) is 13.4. The Kier molecular flexibility index (Phi) is 4.85. The topological polar surface area (TPSA) is 116 Å². The molecule has 0 fully saturated rings. The van der Waals surface area contributed by atoms with Crippen molar-refractivity contribution in [2.24, 2.45) is 21.7 Å². The van der Waals surface area contributed by atoms with E-state index in [9.17, 15) is 8.78 Å². The Morgan fingerprint density at radius 1 is 1.30 bits per heavy atom. The molecule has 120 valence electrons. The van der Waals surface area contributed by atoms with E-state index < -0.39 is 11.6 Å². The molecule has 1 aromatic heterocycles. The molecule has 6 N–H and O–H groups in total.